The summed E-state index contributed by atoms with van der Waals surface area (Å²) in [5.41, 5.74) is 2.70. The minimum absolute atomic E-state index is 0.0852. The monoisotopic (exact) mass is 207 g/mol. The van der Waals surface area contributed by atoms with Gasteiger partial charge in [0, 0.05) is 23.8 Å². The van der Waals surface area contributed by atoms with Gasteiger partial charge in [-0.1, -0.05) is 0 Å². The lowest BCUT2D eigenvalue weighted by Gasteiger charge is -2.21. The van der Waals surface area contributed by atoms with E-state index in [9.17, 15) is 0 Å². The van der Waals surface area contributed by atoms with E-state index in [4.69, 9.17) is 0 Å². The second-order valence-corrected chi connectivity index (χ2v) is 5.49. The van der Waals surface area contributed by atoms with Gasteiger partial charge in [0.25, 0.3) is 0 Å². The molecule has 0 atom stereocenters. The lowest BCUT2D eigenvalue weighted by molar-refractivity contribution is 0.347. The van der Waals surface area contributed by atoms with Crippen molar-refractivity contribution in [2.75, 3.05) is 0 Å². The average molecular weight is 207 g/mol. The van der Waals surface area contributed by atoms with Crippen molar-refractivity contribution < 1.29 is 0 Å². The van der Waals surface area contributed by atoms with Gasteiger partial charge in [0.1, 0.15) is 0 Å². The Morgan fingerprint density at radius 2 is 2.13 bits per heavy atom. The molecule has 0 aromatic carbocycles. The minimum atomic E-state index is 0.0852. The number of nitrogens with zero attached hydrogens (tertiary/aromatic N) is 2. The summed E-state index contributed by atoms with van der Waals surface area (Å²) in [6, 6.07) is 0.766. The zero-order chi connectivity index (χ0) is 11.1. The highest BCUT2D eigenvalue weighted by atomic mass is 15.3. The van der Waals surface area contributed by atoms with Crippen LogP contribution in [0.2, 0.25) is 0 Å². The molecule has 0 spiro atoms. The highest BCUT2D eigenvalue weighted by molar-refractivity contribution is 5.17. The van der Waals surface area contributed by atoms with Crippen LogP contribution in [0.3, 0.4) is 0 Å². The molecule has 3 nitrogen and oxygen atoms in total. The molecule has 1 aromatic heterocycles. The summed E-state index contributed by atoms with van der Waals surface area (Å²) < 4.78 is 2.11. The molecule has 0 amide bonds. The molecule has 2 rings (SSSR count). The van der Waals surface area contributed by atoms with Crippen LogP contribution in [0.15, 0.2) is 6.20 Å². The highest BCUT2D eigenvalue weighted by Crippen LogP contribution is 2.21. The van der Waals surface area contributed by atoms with Crippen LogP contribution in [0.1, 0.15) is 44.9 Å². The average Bonchev–Trinajstić information content (AvgIpc) is 2.86. The first-order chi connectivity index (χ1) is 6.98. The zero-order valence-electron chi connectivity index (χ0n) is 10.2. The van der Waals surface area contributed by atoms with Crippen molar-refractivity contribution in [2.45, 2.75) is 58.7 Å². The Morgan fingerprint density at radius 1 is 1.47 bits per heavy atom. The molecule has 84 valence electrons. The number of hydrogen-bond donors (Lipinski definition) is 1. The third kappa shape index (κ3) is 2.40. The maximum atomic E-state index is 4.46. The zero-order valence-corrected chi connectivity index (χ0v) is 10.2. The molecule has 3 heteroatoms. The first-order valence-electron chi connectivity index (χ1n) is 5.76. The lowest BCUT2D eigenvalue weighted by Crippen LogP contribution is -2.24. The molecule has 0 unspecified atom stereocenters. The van der Waals surface area contributed by atoms with Gasteiger partial charge in [-0.25, -0.2) is 0 Å². The van der Waals surface area contributed by atoms with Crippen LogP contribution in [-0.2, 0) is 12.1 Å². The Bertz CT molecular complexity index is 342. The van der Waals surface area contributed by atoms with Crippen molar-refractivity contribution in [3.63, 3.8) is 0 Å². The van der Waals surface area contributed by atoms with Crippen molar-refractivity contribution in [3.8, 4) is 0 Å². The predicted molar refractivity (Wildman–Crippen MR) is 61.8 cm³/mol. The second kappa shape index (κ2) is 3.63. The molecule has 0 bridgehead atoms. The second-order valence-electron chi connectivity index (χ2n) is 5.49. The Kier molecular flexibility index (Phi) is 2.59. The number of rotatable bonds is 3. The fourth-order valence-electron chi connectivity index (χ4n) is 1.84. The molecular formula is C12H21N3. The van der Waals surface area contributed by atoms with E-state index in [1.165, 1.54) is 24.1 Å². The number of hydrogen-bond acceptors (Lipinski definition) is 2. The SMILES string of the molecule is Cc1c(CNC2CC2)cnn1C(C)(C)C. The smallest absolute Gasteiger partial charge is 0.0546 e. The van der Waals surface area contributed by atoms with Gasteiger partial charge in [-0.3, -0.25) is 4.68 Å². The van der Waals surface area contributed by atoms with Crippen LogP contribution in [0.5, 0.6) is 0 Å². The van der Waals surface area contributed by atoms with Crippen molar-refractivity contribution in [3.05, 3.63) is 17.5 Å². The molecule has 0 aliphatic heterocycles. The molecule has 1 N–H and O–H groups in total. The van der Waals surface area contributed by atoms with Crippen molar-refractivity contribution >= 4 is 0 Å². The minimum Gasteiger partial charge on any atom is -0.310 e. The molecule has 1 aromatic rings. The van der Waals surface area contributed by atoms with Crippen LogP contribution in [0.4, 0.5) is 0 Å². The standard InChI is InChI=1S/C12H21N3/c1-9-10(7-13-11-5-6-11)8-14-15(9)12(2,3)4/h8,11,13H,5-7H2,1-4H3. The topological polar surface area (TPSA) is 29.9 Å². The Labute approximate surface area is 91.9 Å². The Hall–Kier alpha value is -0.830. The molecule has 1 heterocycles. The van der Waals surface area contributed by atoms with Gasteiger partial charge in [0.2, 0.25) is 0 Å². The van der Waals surface area contributed by atoms with Crippen LogP contribution in [0, 0.1) is 6.92 Å². The third-order valence-electron chi connectivity index (χ3n) is 2.91. The van der Waals surface area contributed by atoms with E-state index < -0.39 is 0 Å². The summed E-state index contributed by atoms with van der Waals surface area (Å²) in [6.07, 6.45) is 4.68. The van der Waals surface area contributed by atoms with Gasteiger partial charge in [-0.05, 0) is 40.5 Å². The Morgan fingerprint density at radius 3 is 2.60 bits per heavy atom. The van der Waals surface area contributed by atoms with E-state index in [0.717, 1.165) is 12.6 Å². The lowest BCUT2D eigenvalue weighted by atomic mass is 10.1. The normalized spacial score (nSPS) is 17.1. The molecule has 0 radical (unpaired) electrons. The van der Waals surface area contributed by atoms with E-state index in [2.05, 4.69) is 42.8 Å². The third-order valence-corrected chi connectivity index (χ3v) is 2.91. The summed E-state index contributed by atoms with van der Waals surface area (Å²) in [5.74, 6) is 0. The van der Waals surface area contributed by atoms with Crippen LogP contribution in [-0.4, -0.2) is 15.8 Å². The fraction of sp³-hybridized carbons (Fsp3) is 0.750. The van der Waals surface area contributed by atoms with Crippen LogP contribution in [0.25, 0.3) is 0 Å². The molecule has 1 fully saturated rings. The summed E-state index contributed by atoms with van der Waals surface area (Å²) >= 11 is 0. The van der Waals surface area contributed by atoms with Gasteiger partial charge in [-0.2, -0.15) is 5.10 Å². The number of aromatic nitrogens is 2. The van der Waals surface area contributed by atoms with E-state index in [1.54, 1.807) is 0 Å². The van der Waals surface area contributed by atoms with Crippen molar-refractivity contribution in [1.82, 2.24) is 15.1 Å². The largest absolute Gasteiger partial charge is 0.310 e. The summed E-state index contributed by atoms with van der Waals surface area (Å²) in [7, 11) is 0. The first kappa shape index (κ1) is 10.7. The maximum absolute atomic E-state index is 4.46. The maximum Gasteiger partial charge on any atom is 0.0546 e. The van der Waals surface area contributed by atoms with Gasteiger partial charge < -0.3 is 5.32 Å². The van der Waals surface area contributed by atoms with Gasteiger partial charge in [0.05, 0.1) is 11.7 Å². The van der Waals surface area contributed by atoms with E-state index in [-0.39, 0.29) is 5.54 Å². The van der Waals surface area contributed by atoms with Crippen molar-refractivity contribution in [1.29, 1.82) is 0 Å². The molecule has 1 saturated carbocycles. The number of nitrogens with one attached hydrogen (secondary N) is 1. The van der Waals surface area contributed by atoms with E-state index in [0.29, 0.717) is 0 Å². The van der Waals surface area contributed by atoms with Crippen LogP contribution < -0.4 is 5.32 Å². The fourth-order valence-corrected chi connectivity index (χ4v) is 1.84. The van der Waals surface area contributed by atoms with E-state index in [1.807, 2.05) is 6.20 Å². The van der Waals surface area contributed by atoms with E-state index >= 15 is 0 Å². The van der Waals surface area contributed by atoms with Gasteiger partial charge in [0.15, 0.2) is 0 Å². The summed E-state index contributed by atoms with van der Waals surface area (Å²) in [5, 5.41) is 7.99. The predicted octanol–water partition coefficient (Wildman–Crippen LogP) is 2.20. The molecule has 1 aliphatic carbocycles. The summed E-state index contributed by atoms with van der Waals surface area (Å²) in [6.45, 7) is 9.68. The van der Waals surface area contributed by atoms with Gasteiger partial charge in [-0.15, -0.1) is 0 Å². The first-order valence-corrected chi connectivity index (χ1v) is 5.76. The van der Waals surface area contributed by atoms with Gasteiger partial charge >= 0.3 is 0 Å². The molecular weight excluding hydrogens is 186 g/mol. The molecule has 15 heavy (non-hydrogen) atoms. The van der Waals surface area contributed by atoms with Crippen LogP contribution >= 0.6 is 0 Å². The van der Waals surface area contributed by atoms with Crippen molar-refractivity contribution in [2.24, 2.45) is 0 Å². The quantitative estimate of drug-likeness (QED) is 0.823. The Balaban J connectivity index is 2.08. The molecule has 0 saturated heterocycles. The summed E-state index contributed by atoms with van der Waals surface area (Å²) in [4.78, 5) is 0. The highest BCUT2D eigenvalue weighted by Gasteiger charge is 2.22. The molecule has 1 aliphatic rings.